The van der Waals surface area contributed by atoms with Crippen molar-refractivity contribution in [3.05, 3.63) is 89.2 Å². The van der Waals surface area contributed by atoms with Gasteiger partial charge in [0.05, 0.1) is 11.3 Å². The summed E-state index contributed by atoms with van der Waals surface area (Å²) in [6.45, 7) is 4.19. The highest BCUT2D eigenvalue weighted by Crippen LogP contribution is 2.15. The molecule has 2 aromatic carbocycles. The zero-order valence-electron chi connectivity index (χ0n) is 15.3. The second kappa shape index (κ2) is 8.27. The molecule has 0 saturated heterocycles. The Hall–Kier alpha value is -3.47. The van der Waals surface area contributed by atoms with Crippen molar-refractivity contribution in [2.24, 2.45) is 0 Å². The molecule has 3 aromatic rings. The first-order chi connectivity index (χ1) is 13.0. The van der Waals surface area contributed by atoms with E-state index in [0.717, 1.165) is 11.3 Å². The van der Waals surface area contributed by atoms with Gasteiger partial charge >= 0.3 is 0 Å². The number of benzene rings is 2. The number of anilines is 2. The standard InChI is InChI=1S/C22H21N3O2/c1-15-5-3-6-17(9-15)12-24-21-11-19(13-23-14-21)22(27)25-20-8-4-7-18(10-20)16(2)26/h3-11,13-14,24H,12H2,1-2H3,(H,25,27). The lowest BCUT2D eigenvalue weighted by Gasteiger charge is -2.09. The number of nitrogens with zero attached hydrogens (tertiary/aromatic N) is 1. The molecule has 27 heavy (non-hydrogen) atoms. The topological polar surface area (TPSA) is 71.1 Å². The van der Waals surface area contributed by atoms with Gasteiger partial charge in [0.2, 0.25) is 0 Å². The zero-order valence-corrected chi connectivity index (χ0v) is 15.3. The maximum absolute atomic E-state index is 12.5. The Bertz CT molecular complexity index is 983. The minimum Gasteiger partial charge on any atom is -0.380 e. The molecule has 0 aliphatic rings. The Morgan fingerprint density at radius 3 is 2.48 bits per heavy atom. The minimum atomic E-state index is -0.276. The maximum Gasteiger partial charge on any atom is 0.257 e. The fourth-order valence-corrected chi connectivity index (χ4v) is 2.71. The van der Waals surface area contributed by atoms with Crippen molar-refractivity contribution in [3.63, 3.8) is 0 Å². The van der Waals surface area contributed by atoms with E-state index in [0.29, 0.717) is 23.4 Å². The molecular weight excluding hydrogens is 338 g/mol. The lowest BCUT2D eigenvalue weighted by molar-refractivity contribution is 0.101. The Morgan fingerprint density at radius 2 is 1.70 bits per heavy atom. The number of carbonyl (C=O) groups is 2. The predicted octanol–water partition coefficient (Wildman–Crippen LogP) is 4.46. The van der Waals surface area contributed by atoms with Gasteiger partial charge in [-0.3, -0.25) is 14.6 Å². The van der Waals surface area contributed by atoms with Crippen molar-refractivity contribution >= 4 is 23.1 Å². The van der Waals surface area contributed by atoms with Crippen LogP contribution in [0.25, 0.3) is 0 Å². The van der Waals surface area contributed by atoms with Crippen molar-refractivity contribution in [2.45, 2.75) is 20.4 Å². The molecule has 5 nitrogen and oxygen atoms in total. The van der Waals surface area contributed by atoms with Crippen LogP contribution in [0.4, 0.5) is 11.4 Å². The van der Waals surface area contributed by atoms with Crippen LogP contribution in [0.3, 0.4) is 0 Å². The third kappa shape index (κ3) is 5.01. The number of hydrogen-bond donors (Lipinski definition) is 2. The van der Waals surface area contributed by atoms with Crippen LogP contribution >= 0.6 is 0 Å². The Labute approximate surface area is 158 Å². The molecule has 0 bridgehead atoms. The molecule has 0 spiro atoms. The molecule has 1 heterocycles. The van der Waals surface area contributed by atoms with Crippen molar-refractivity contribution < 1.29 is 9.59 Å². The number of hydrogen-bond acceptors (Lipinski definition) is 4. The van der Waals surface area contributed by atoms with E-state index >= 15 is 0 Å². The van der Waals surface area contributed by atoms with Gasteiger partial charge in [0, 0.05) is 30.2 Å². The van der Waals surface area contributed by atoms with Gasteiger partial charge in [-0.25, -0.2) is 0 Å². The quantitative estimate of drug-likeness (QED) is 0.638. The number of rotatable bonds is 6. The third-order valence-electron chi connectivity index (χ3n) is 4.11. The molecule has 1 amide bonds. The van der Waals surface area contributed by atoms with Gasteiger partial charge in [-0.05, 0) is 37.6 Å². The average Bonchev–Trinajstić information content (AvgIpc) is 2.67. The largest absolute Gasteiger partial charge is 0.380 e. The summed E-state index contributed by atoms with van der Waals surface area (Å²) in [7, 11) is 0. The van der Waals surface area contributed by atoms with Crippen LogP contribution in [-0.4, -0.2) is 16.7 Å². The van der Waals surface area contributed by atoms with Crippen LogP contribution in [0.5, 0.6) is 0 Å². The van der Waals surface area contributed by atoms with Gasteiger partial charge in [-0.2, -0.15) is 0 Å². The number of ketones is 1. The summed E-state index contributed by atoms with van der Waals surface area (Å²) in [5.74, 6) is -0.322. The van der Waals surface area contributed by atoms with Gasteiger partial charge in [0.15, 0.2) is 5.78 Å². The summed E-state index contributed by atoms with van der Waals surface area (Å²) < 4.78 is 0. The number of Topliss-reactive ketones (excluding diaryl/α,β-unsaturated/α-hetero) is 1. The van der Waals surface area contributed by atoms with E-state index in [2.05, 4.69) is 34.7 Å². The van der Waals surface area contributed by atoms with Crippen molar-refractivity contribution in [1.29, 1.82) is 0 Å². The molecule has 2 N–H and O–H groups in total. The van der Waals surface area contributed by atoms with Crippen LogP contribution < -0.4 is 10.6 Å². The van der Waals surface area contributed by atoms with Crippen molar-refractivity contribution in [1.82, 2.24) is 4.98 Å². The molecule has 0 radical (unpaired) electrons. The van der Waals surface area contributed by atoms with Crippen LogP contribution in [0, 0.1) is 6.92 Å². The molecule has 0 unspecified atom stereocenters. The van der Waals surface area contributed by atoms with Gasteiger partial charge < -0.3 is 10.6 Å². The Kier molecular flexibility index (Phi) is 5.61. The number of pyridine rings is 1. The number of carbonyl (C=O) groups excluding carboxylic acids is 2. The smallest absolute Gasteiger partial charge is 0.257 e. The van der Waals surface area contributed by atoms with Crippen LogP contribution in [-0.2, 0) is 6.54 Å². The van der Waals surface area contributed by atoms with Gasteiger partial charge in [0.1, 0.15) is 0 Å². The summed E-state index contributed by atoms with van der Waals surface area (Å²) in [4.78, 5) is 28.1. The van der Waals surface area contributed by atoms with E-state index in [9.17, 15) is 9.59 Å². The molecule has 0 atom stereocenters. The number of amides is 1. The molecule has 0 saturated carbocycles. The van der Waals surface area contributed by atoms with Crippen LogP contribution in [0.2, 0.25) is 0 Å². The van der Waals surface area contributed by atoms with Crippen LogP contribution in [0.15, 0.2) is 67.0 Å². The minimum absolute atomic E-state index is 0.0462. The first kappa shape index (κ1) is 18.3. The summed E-state index contributed by atoms with van der Waals surface area (Å²) in [5, 5.41) is 6.09. The summed E-state index contributed by atoms with van der Waals surface area (Å²) in [6.07, 6.45) is 3.20. The Morgan fingerprint density at radius 1 is 0.926 bits per heavy atom. The van der Waals surface area contributed by atoms with E-state index in [4.69, 9.17) is 0 Å². The molecule has 0 aliphatic heterocycles. The third-order valence-corrected chi connectivity index (χ3v) is 4.11. The molecular formula is C22H21N3O2. The molecule has 136 valence electrons. The second-order valence-corrected chi connectivity index (χ2v) is 6.40. The molecule has 3 rings (SSSR count). The molecule has 0 aliphatic carbocycles. The first-order valence-electron chi connectivity index (χ1n) is 8.68. The van der Waals surface area contributed by atoms with Crippen molar-refractivity contribution in [3.8, 4) is 0 Å². The summed E-state index contributed by atoms with van der Waals surface area (Å²) in [6, 6.07) is 16.9. The SMILES string of the molecule is CC(=O)c1cccc(NC(=O)c2cncc(NCc3cccc(C)c3)c2)c1. The van der Waals surface area contributed by atoms with Gasteiger partial charge in [0.25, 0.3) is 5.91 Å². The monoisotopic (exact) mass is 359 g/mol. The molecule has 0 fully saturated rings. The predicted molar refractivity (Wildman–Crippen MR) is 107 cm³/mol. The highest BCUT2D eigenvalue weighted by molar-refractivity contribution is 6.05. The van der Waals surface area contributed by atoms with E-state index in [1.165, 1.54) is 18.7 Å². The average molecular weight is 359 g/mol. The van der Waals surface area contributed by atoms with E-state index < -0.39 is 0 Å². The van der Waals surface area contributed by atoms with Gasteiger partial charge in [-0.15, -0.1) is 0 Å². The molecule has 5 heteroatoms. The first-order valence-corrected chi connectivity index (χ1v) is 8.68. The number of nitrogens with one attached hydrogen (secondary N) is 2. The summed E-state index contributed by atoms with van der Waals surface area (Å²) >= 11 is 0. The molecule has 1 aromatic heterocycles. The maximum atomic E-state index is 12.5. The van der Waals surface area contributed by atoms with Crippen LogP contribution in [0.1, 0.15) is 38.8 Å². The fourth-order valence-electron chi connectivity index (χ4n) is 2.71. The number of aromatic nitrogens is 1. The van der Waals surface area contributed by atoms with E-state index in [1.54, 1.807) is 36.5 Å². The van der Waals surface area contributed by atoms with E-state index in [-0.39, 0.29) is 11.7 Å². The fraction of sp³-hybridized carbons (Fsp3) is 0.136. The highest BCUT2D eigenvalue weighted by Gasteiger charge is 2.09. The normalized spacial score (nSPS) is 10.3. The second-order valence-electron chi connectivity index (χ2n) is 6.40. The van der Waals surface area contributed by atoms with E-state index in [1.807, 2.05) is 12.1 Å². The summed E-state index contributed by atoms with van der Waals surface area (Å²) in [5.41, 5.74) is 4.70. The lowest BCUT2D eigenvalue weighted by atomic mass is 10.1. The zero-order chi connectivity index (χ0) is 19.2. The van der Waals surface area contributed by atoms with Gasteiger partial charge in [-0.1, -0.05) is 42.0 Å². The van der Waals surface area contributed by atoms with Crippen molar-refractivity contribution in [2.75, 3.05) is 10.6 Å². The lowest BCUT2D eigenvalue weighted by Crippen LogP contribution is -2.13. The highest BCUT2D eigenvalue weighted by atomic mass is 16.1. The number of aryl methyl sites for hydroxylation is 1. The Balaban J connectivity index is 1.68.